The summed E-state index contributed by atoms with van der Waals surface area (Å²) >= 11 is 3.52. The summed E-state index contributed by atoms with van der Waals surface area (Å²) < 4.78 is 6.08. The molecule has 0 amide bonds. The van der Waals surface area contributed by atoms with Crippen LogP contribution in [0.1, 0.15) is 5.56 Å². The average Bonchev–Trinajstić information content (AvgIpc) is 2.25. The number of nitrogens with two attached hydrogens (primary N) is 1. The SMILES string of the molecule is COCCN(CCN)c1ncc(C)cc1Br. The van der Waals surface area contributed by atoms with E-state index in [0.717, 1.165) is 28.9 Å². The predicted octanol–water partition coefficient (Wildman–Crippen LogP) is 1.56. The number of halogens is 1. The first-order valence-electron chi connectivity index (χ1n) is 5.25. The fraction of sp³-hybridized carbons (Fsp3) is 0.545. The van der Waals surface area contributed by atoms with E-state index in [9.17, 15) is 0 Å². The monoisotopic (exact) mass is 287 g/mol. The molecule has 1 heterocycles. The van der Waals surface area contributed by atoms with Crippen molar-refractivity contribution >= 4 is 21.7 Å². The fourth-order valence-electron chi connectivity index (χ4n) is 1.44. The molecule has 0 fully saturated rings. The zero-order valence-electron chi connectivity index (χ0n) is 9.74. The molecule has 0 unspecified atom stereocenters. The third-order valence-corrected chi connectivity index (χ3v) is 2.81. The van der Waals surface area contributed by atoms with Crippen LogP contribution in [-0.4, -0.2) is 38.3 Å². The summed E-state index contributed by atoms with van der Waals surface area (Å²) in [4.78, 5) is 6.54. The van der Waals surface area contributed by atoms with Gasteiger partial charge in [0.25, 0.3) is 0 Å². The summed E-state index contributed by atoms with van der Waals surface area (Å²) in [5.74, 6) is 0.924. The number of aromatic nitrogens is 1. The van der Waals surface area contributed by atoms with Crippen LogP contribution in [-0.2, 0) is 4.74 Å². The van der Waals surface area contributed by atoms with Crippen LogP contribution in [0.5, 0.6) is 0 Å². The Balaban J connectivity index is 2.82. The van der Waals surface area contributed by atoms with E-state index >= 15 is 0 Å². The maximum Gasteiger partial charge on any atom is 0.142 e. The molecule has 5 heteroatoms. The van der Waals surface area contributed by atoms with Gasteiger partial charge in [-0.05, 0) is 34.5 Å². The van der Waals surface area contributed by atoms with Gasteiger partial charge in [0, 0.05) is 32.9 Å². The van der Waals surface area contributed by atoms with Gasteiger partial charge in [0.2, 0.25) is 0 Å². The number of methoxy groups -OCH3 is 1. The molecule has 1 aromatic rings. The van der Waals surface area contributed by atoms with Gasteiger partial charge >= 0.3 is 0 Å². The quantitative estimate of drug-likeness (QED) is 0.863. The van der Waals surface area contributed by atoms with Crippen LogP contribution in [0.2, 0.25) is 0 Å². The first-order valence-corrected chi connectivity index (χ1v) is 6.04. The Kier molecular flexibility index (Phi) is 5.73. The van der Waals surface area contributed by atoms with E-state index in [0.29, 0.717) is 13.2 Å². The molecule has 1 rings (SSSR count). The van der Waals surface area contributed by atoms with Crippen molar-refractivity contribution in [1.82, 2.24) is 4.98 Å². The number of hydrogen-bond donors (Lipinski definition) is 1. The Bertz CT molecular complexity index is 333. The summed E-state index contributed by atoms with van der Waals surface area (Å²) in [6, 6.07) is 2.05. The Morgan fingerprint density at radius 2 is 2.25 bits per heavy atom. The topological polar surface area (TPSA) is 51.4 Å². The summed E-state index contributed by atoms with van der Waals surface area (Å²) in [6.07, 6.45) is 1.86. The second-order valence-electron chi connectivity index (χ2n) is 3.59. The highest BCUT2D eigenvalue weighted by atomic mass is 79.9. The van der Waals surface area contributed by atoms with Crippen molar-refractivity contribution in [3.05, 3.63) is 22.3 Å². The Hall–Kier alpha value is -0.650. The van der Waals surface area contributed by atoms with Gasteiger partial charge in [0.15, 0.2) is 0 Å². The zero-order valence-corrected chi connectivity index (χ0v) is 11.3. The Morgan fingerprint density at radius 3 is 2.81 bits per heavy atom. The number of anilines is 1. The lowest BCUT2D eigenvalue weighted by molar-refractivity contribution is 0.205. The number of pyridine rings is 1. The molecule has 16 heavy (non-hydrogen) atoms. The maximum absolute atomic E-state index is 5.59. The number of ether oxygens (including phenoxy) is 1. The van der Waals surface area contributed by atoms with Crippen LogP contribution in [0, 0.1) is 6.92 Å². The first kappa shape index (κ1) is 13.4. The summed E-state index contributed by atoms with van der Waals surface area (Å²) in [5, 5.41) is 0. The molecular weight excluding hydrogens is 270 g/mol. The molecule has 0 radical (unpaired) electrons. The summed E-state index contributed by atoms with van der Waals surface area (Å²) in [5.41, 5.74) is 6.73. The van der Waals surface area contributed by atoms with Crippen LogP contribution in [0.3, 0.4) is 0 Å². The van der Waals surface area contributed by atoms with Crippen LogP contribution < -0.4 is 10.6 Å². The van der Waals surface area contributed by atoms with Gasteiger partial charge in [-0.1, -0.05) is 0 Å². The molecule has 1 aromatic heterocycles. The summed E-state index contributed by atoms with van der Waals surface area (Å²) in [7, 11) is 1.69. The highest BCUT2D eigenvalue weighted by Gasteiger charge is 2.10. The third-order valence-electron chi connectivity index (χ3n) is 2.22. The molecule has 0 saturated heterocycles. The molecule has 0 saturated carbocycles. The van der Waals surface area contributed by atoms with Crippen molar-refractivity contribution in [3.63, 3.8) is 0 Å². The molecular formula is C11H18BrN3O. The normalized spacial score (nSPS) is 10.5. The van der Waals surface area contributed by atoms with Gasteiger partial charge in [0.05, 0.1) is 11.1 Å². The molecule has 0 atom stereocenters. The molecule has 0 aliphatic heterocycles. The molecule has 0 aliphatic carbocycles. The molecule has 4 nitrogen and oxygen atoms in total. The van der Waals surface area contributed by atoms with Crippen molar-refractivity contribution in [2.45, 2.75) is 6.92 Å². The maximum atomic E-state index is 5.59. The fourth-order valence-corrected chi connectivity index (χ4v) is 2.15. The molecule has 0 aliphatic rings. The second-order valence-corrected chi connectivity index (χ2v) is 4.44. The molecule has 0 bridgehead atoms. The van der Waals surface area contributed by atoms with Gasteiger partial charge in [0.1, 0.15) is 5.82 Å². The van der Waals surface area contributed by atoms with E-state index < -0.39 is 0 Å². The number of rotatable bonds is 6. The van der Waals surface area contributed by atoms with Crippen LogP contribution in [0.15, 0.2) is 16.7 Å². The predicted molar refractivity (Wildman–Crippen MR) is 69.8 cm³/mol. The standard InChI is InChI=1S/C11H18BrN3O/c1-9-7-10(12)11(14-8-9)15(4-3-13)5-6-16-2/h7-8H,3-6,13H2,1-2H3. The van der Waals surface area contributed by atoms with E-state index in [-0.39, 0.29) is 0 Å². The minimum absolute atomic E-state index is 0.603. The molecule has 0 aromatic carbocycles. The van der Waals surface area contributed by atoms with Crippen molar-refractivity contribution in [2.75, 3.05) is 38.3 Å². The van der Waals surface area contributed by atoms with E-state index in [4.69, 9.17) is 10.5 Å². The number of hydrogen-bond acceptors (Lipinski definition) is 4. The van der Waals surface area contributed by atoms with Gasteiger partial charge in [-0.15, -0.1) is 0 Å². The van der Waals surface area contributed by atoms with Crippen molar-refractivity contribution in [3.8, 4) is 0 Å². The van der Waals surface area contributed by atoms with Crippen molar-refractivity contribution in [1.29, 1.82) is 0 Å². The zero-order chi connectivity index (χ0) is 12.0. The molecule has 2 N–H and O–H groups in total. The second kappa shape index (κ2) is 6.83. The Morgan fingerprint density at radius 1 is 1.50 bits per heavy atom. The minimum atomic E-state index is 0.603. The van der Waals surface area contributed by atoms with Crippen LogP contribution in [0.4, 0.5) is 5.82 Å². The third kappa shape index (κ3) is 3.73. The average molecular weight is 288 g/mol. The number of aryl methyl sites for hydroxylation is 1. The lowest BCUT2D eigenvalue weighted by atomic mass is 10.3. The lowest BCUT2D eigenvalue weighted by Gasteiger charge is -2.23. The van der Waals surface area contributed by atoms with Crippen molar-refractivity contribution in [2.24, 2.45) is 5.73 Å². The first-order chi connectivity index (χ1) is 7.69. The van der Waals surface area contributed by atoms with E-state index in [2.05, 4.69) is 31.9 Å². The van der Waals surface area contributed by atoms with Crippen molar-refractivity contribution < 1.29 is 4.74 Å². The highest BCUT2D eigenvalue weighted by molar-refractivity contribution is 9.10. The van der Waals surface area contributed by atoms with Crippen LogP contribution in [0.25, 0.3) is 0 Å². The van der Waals surface area contributed by atoms with Gasteiger partial charge < -0.3 is 15.4 Å². The number of nitrogens with zero attached hydrogens (tertiary/aromatic N) is 2. The van der Waals surface area contributed by atoms with Gasteiger partial charge in [-0.2, -0.15) is 0 Å². The highest BCUT2D eigenvalue weighted by Crippen LogP contribution is 2.23. The van der Waals surface area contributed by atoms with Crippen LogP contribution >= 0.6 is 15.9 Å². The van der Waals surface area contributed by atoms with E-state index in [1.807, 2.05) is 13.1 Å². The van der Waals surface area contributed by atoms with E-state index in [1.165, 1.54) is 0 Å². The largest absolute Gasteiger partial charge is 0.383 e. The lowest BCUT2D eigenvalue weighted by Crippen LogP contribution is -2.33. The van der Waals surface area contributed by atoms with Gasteiger partial charge in [-0.3, -0.25) is 0 Å². The Labute approximate surface area is 105 Å². The smallest absolute Gasteiger partial charge is 0.142 e. The minimum Gasteiger partial charge on any atom is -0.383 e. The van der Waals surface area contributed by atoms with E-state index in [1.54, 1.807) is 7.11 Å². The molecule has 0 spiro atoms. The summed E-state index contributed by atoms with van der Waals surface area (Å²) in [6.45, 7) is 4.86. The molecule has 90 valence electrons. The van der Waals surface area contributed by atoms with Gasteiger partial charge in [-0.25, -0.2) is 4.98 Å².